The third-order valence-electron chi connectivity index (χ3n) is 3.94. The summed E-state index contributed by atoms with van der Waals surface area (Å²) in [6.07, 6.45) is 4.28. The number of nitrogens with one attached hydrogen (secondary N) is 1. The molecular formula is C15H23N3O3. The van der Waals surface area contributed by atoms with Crippen molar-refractivity contribution in [2.24, 2.45) is 0 Å². The monoisotopic (exact) mass is 293 g/mol. The molecule has 0 saturated carbocycles. The lowest BCUT2D eigenvalue weighted by Gasteiger charge is -2.24. The minimum absolute atomic E-state index is 0.00484. The van der Waals surface area contributed by atoms with Gasteiger partial charge in [-0.05, 0) is 12.8 Å². The Balaban J connectivity index is 1.95. The quantitative estimate of drug-likeness (QED) is 0.774. The summed E-state index contributed by atoms with van der Waals surface area (Å²) in [7, 11) is 0. The van der Waals surface area contributed by atoms with Crippen LogP contribution < -0.4 is 5.32 Å². The number of carbonyl (C=O) groups excluding carboxylic acids is 2. The Morgan fingerprint density at radius 1 is 1.38 bits per heavy atom. The fraction of sp³-hybridized carbons (Fsp3) is 0.667. The topological polar surface area (TPSA) is 75.4 Å². The minimum Gasteiger partial charge on any atom is -0.444 e. The second-order valence-electron chi connectivity index (χ2n) is 5.28. The molecule has 6 nitrogen and oxygen atoms in total. The molecule has 116 valence electrons. The molecule has 1 N–H and O–H groups in total. The van der Waals surface area contributed by atoms with Crippen LogP contribution in [0.25, 0.3) is 0 Å². The zero-order valence-corrected chi connectivity index (χ0v) is 12.9. The van der Waals surface area contributed by atoms with Gasteiger partial charge in [0, 0.05) is 12.5 Å². The van der Waals surface area contributed by atoms with Crippen molar-refractivity contribution in [2.75, 3.05) is 0 Å². The first-order valence-electron chi connectivity index (χ1n) is 7.63. The SMILES string of the molecule is CCc1cnc(CNC2CC(=O)N(C(CC)CC)C2=O)o1. The van der Waals surface area contributed by atoms with E-state index in [9.17, 15) is 9.59 Å². The second kappa shape index (κ2) is 6.85. The van der Waals surface area contributed by atoms with Gasteiger partial charge in [-0.25, -0.2) is 4.98 Å². The number of hydrogen-bond acceptors (Lipinski definition) is 5. The van der Waals surface area contributed by atoms with Crippen molar-refractivity contribution in [2.45, 2.75) is 65.1 Å². The maximum atomic E-state index is 12.3. The summed E-state index contributed by atoms with van der Waals surface area (Å²) in [5.74, 6) is 1.15. The summed E-state index contributed by atoms with van der Waals surface area (Å²) < 4.78 is 5.49. The number of rotatable bonds is 7. The maximum Gasteiger partial charge on any atom is 0.247 e. The lowest BCUT2D eigenvalue weighted by atomic mass is 10.1. The fourth-order valence-electron chi connectivity index (χ4n) is 2.65. The predicted octanol–water partition coefficient (Wildman–Crippen LogP) is 1.64. The van der Waals surface area contributed by atoms with Crippen molar-refractivity contribution in [3.63, 3.8) is 0 Å². The Hall–Kier alpha value is -1.69. The van der Waals surface area contributed by atoms with E-state index in [1.54, 1.807) is 6.20 Å². The number of aryl methyl sites for hydroxylation is 1. The number of oxazole rings is 1. The summed E-state index contributed by atoms with van der Waals surface area (Å²) in [5.41, 5.74) is 0. The minimum atomic E-state index is -0.463. The number of aromatic nitrogens is 1. The molecule has 1 atom stereocenters. The van der Waals surface area contributed by atoms with Crippen molar-refractivity contribution in [3.05, 3.63) is 17.8 Å². The van der Waals surface area contributed by atoms with Crippen molar-refractivity contribution in [1.82, 2.24) is 15.2 Å². The molecule has 1 unspecified atom stereocenters. The van der Waals surface area contributed by atoms with Crippen LogP contribution in [0.5, 0.6) is 0 Å². The molecule has 1 saturated heterocycles. The van der Waals surface area contributed by atoms with Crippen LogP contribution in [0.4, 0.5) is 0 Å². The molecule has 0 spiro atoms. The molecular weight excluding hydrogens is 270 g/mol. The van der Waals surface area contributed by atoms with Crippen LogP contribution in [0.1, 0.15) is 51.7 Å². The molecule has 0 bridgehead atoms. The first-order chi connectivity index (χ1) is 10.1. The van der Waals surface area contributed by atoms with E-state index in [1.165, 1.54) is 4.90 Å². The second-order valence-corrected chi connectivity index (χ2v) is 5.28. The van der Waals surface area contributed by atoms with E-state index in [1.807, 2.05) is 20.8 Å². The van der Waals surface area contributed by atoms with Gasteiger partial charge in [0.2, 0.25) is 17.7 Å². The van der Waals surface area contributed by atoms with E-state index in [-0.39, 0.29) is 24.3 Å². The van der Waals surface area contributed by atoms with Crippen LogP contribution in [0.2, 0.25) is 0 Å². The molecule has 2 rings (SSSR count). The van der Waals surface area contributed by atoms with Gasteiger partial charge in [0.1, 0.15) is 5.76 Å². The van der Waals surface area contributed by atoms with E-state index >= 15 is 0 Å². The summed E-state index contributed by atoms with van der Waals surface area (Å²) in [5, 5.41) is 3.08. The van der Waals surface area contributed by atoms with Crippen LogP contribution in [0.15, 0.2) is 10.6 Å². The average molecular weight is 293 g/mol. The summed E-state index contributed by atoms with van der Waals surface area (Å²) in [6.45, 7) is 6.34. The number of amides is 2. The number of hydrogen-bond donors (Lipinski definition) is 1. The summed E-state index contributed by atoms with van der Waals surface area (Å²) in [4.78, 5) is 30.0. The van der Waals surface area contributed by atoms with Crippen LogP contribution >= 0.6 is 0 Å². The Labute approximate surface area is 124 Å². The molecule has 1 fully saturated rings. The van der Waals surface area contributed by atoms with Crippen LogP contribution in [0.3, 0.4) is 0 Å². The van der Waals surface area contributed by atoms with Crippen LogP contribution in [-0.2, 0) is 22.6 Å². The molecule has 1 aromatic rings. The molecule has 0 aromatic carbocycles. The van der Waals surface area contributed by atoms with Crippen molar-refractivity contribution in [3.8, 4) is 0 Å². The van der Waals surface area contributed by atoms with Crippen molar-refractivity contribution >= 4 is 11.8 Å². The van der Waals surface area contributed by atoms with Gasteiger partial charge < -0.3 is 4.42 Å². The molecule has 1 aliphatic rings. The largest absolute Gasteiger partial charge is 0.444 e. The average Bonchev–Trinajstić information content (AvgIpc) is 3.05. The zero-order valence-electron chi connectivity index (χ0n) is 12.9. The van der Waals surface area contributed by atoms with Gasteiger partial charge >= 0.3 is 0 Å². The lowest BCUT2D eigenvalue weighted by Crippen LogP contribution is -2.43. The van der Waals surface area contributed by atoms with E-state index in [0.29, 0.717) is 12.4 Å². The van der Waals surface area contributed by atoms with Gasteiger partial charge in [0.05, 0.1) is 25.2 Å². The molecule has 0 aliphatic carbocycles. The van der Waals surface area contributed by atoms with Gasteiger partial charge in [-0.3, -0.25) is 19.8 Å². The Bertz CT molecular complexity index is 508. The predicted molar refractivity (Wildman–Crippen MR) is 77.3 cm³/mol. The Morgan fingerprint density at radius 3 is 2.67 bits per heavy atom. The zero-order chi connectivity index (χ0) is 15.4. The van der Waals surface area contributed by atoms with E-state index in [0.717, 1.165) is 25.0 Å². The van der Waals surface area contributed by atoms with Gasteiger partial charge in [0.25, 0.3) is 0 Å². The highest BCUT2D eigenvalue weighted by Crippen LogP contribution is 2.20. The highest BCUT2D eigenvalue weighted by atomic mass is 16.4. The first kappa shape index (κ1) is 15.7. The summed E-state index contributed by atoms with van der Waals surface area (Å²) in [6, 6.07) is -0.458. The molecule has 1 aliphatic heterocycles. The van der Waals surface area contributed by atoms with Crippen LogP contribution in [0, 0.1) is 0 Å². The van der Waals surface area contributed by atoms with Gasteiger partial charge in [-0.2, -0.15) is 0 Å². The van der Waals surface area contributed by atoms with E-state index < -0.39 is 6.04 Å². The van der Waals surface area contributed by atoms with Crippen molar-refractivity contribution in [1.29, 1.82) is 0 Å². The fourth-order valence-corrected chi connectivity index (χ4v) is 2.65. The smallest absolute Gasteiger partial charge is 0.247 e. The highest BCUT2D eigenvalue weighted by Gasteiger charge is 2.41. The van der Waals surface area contributed by atoms with E-state index in [2.05, 4.69) is 10.3 Å². The lowest BCUT2D eigenvalue weighted by molar-refractivity contribution is -0.141. The molecule has 2 heterocycles. The molecule has 2 amide bonds. The maximum absolute atomic E-state index is 12.3. The number of nitrogens with zero attached hydrogens (tertiary/aromatic N) is 2. The first-order valence-corrected chi connectivity index (χ1v) is 7.63. The third kappa shape index (κ3) is 3.32. The van der Waals surface area contributed by atoms with Gasteiger partial charge in [-0.1, -0.05) is 20.8 Å². The summed E-state index contributed by atoms with van der Waals surface area (Å²) >= 11 is 0. The molecule has 21 heavy (non-hydrogen) atoms. The Morgan fingerprint density at radius 2 is 2.10 bits per heavy atom. The molecule has 0 radical (unpaired) electrons. The Kier molecular flexibility index (Phi) is 5.12. The normalized spacial score (nSPS) is 19.0. The number of imide groups is 1. The standard InChI is InChI=1S/C15H23N3O3/c1-4-10(5-2)18-14(19)7-12(15(18)20)16-9-13-17-8-11(6-3)21-13/h8,10,12,16H,4-7,9H2,1-3H3. The third-order valence-corrected chi connectivity index (χ3v) is 3.94. The number of likely N-dealkylation sites (tertiary alicyclic amines) is 1. The van der Waals surface area contributed by atoms with Gasteiger partial charge in [-0.15, -0.1) is 0 Å². The van der Waals surface area contributed by atoms with Crippen molar-refractivity contribution < 1.29 is 14.0 Å². The van der Waals surface area contributed by atoms with Gasteiger partial charge in [0.15, 0.2) is 0 Å². The van der Waals surface area contributed by atoms with Crippen LogP contribution in [-0.4, -0.2) is 33.8 Å². The molecule has 1 aromatic heterocycles. The number of carbonyl (C=O) groups is 2. The van der Waals surface area contributed by atoms with E-state index in [4.69, 9.17) is 4.42 Å². The highest BCUT2D eigenvalue weighted by molar-refractivity contribution is 6.05. The molecule has 6 heteroatoms.